The summed E-state index contributed by atoms with van der Waals surface area (Å²) in [6.45, 7) is 1.90. The van der Waals surface area contributed by atoms with Crippen LogP contribution in [0.2, 0.25) is 5.02 Å². The molecule has 0 fully saturated rings. The molecule has 1 atom stereocenters. The van der Waals surface area contributed by atoms with Crippen molar-refractivity contribution in [2.45, 2.75) is 13.0 Å². The number of carbonyl (C=O) groups is 1. The fourth-order valence-corrected chi connectivity index (χ4v) is 1.84. The van der Waals surface area contributed by atoms with Gasteiger partial charge in [0, 0.05) is 29.0 Å². The van der Waals surface area contributed by atoms with Gasteiger partial charge in [0.05, 0.1) is 5.02 Å². The first kappa shape index (κ1) is 13.8. The van der Waals surface area contributed by atoms with Crippen LogP contribution in [0, 0.1) is 0 Å². The van der Waals surface area contributed by atoms with E-state index in [0.717, 1.165) is 0 Å². The van der Waals surface area contributed by atoms with Crippen LogP contribution in [0.1, 0.15) is 17.3 Å². The molecule has 0 aliphatic heterocycles. The van der Waals surface area contributed by atoms with Crippen molar-refractivity contribution in [2.24, 2.45) is 0 Å². The van der Waals surface area contributed by atoms with E-state index in [1.165, 1.54) is 0 Å². The first-order valence-electron chi connectivity index (χ1n) is 4.75. The Labute approximate surface area is 114 Å². The van der Waals surface area contributed by atoms with Crippen LogP contribution in [-0.4, -0.2) is 29.8 Å². The van der Waals surface area contributed by atoms with Gasteiger partial charge in [-0.25, -0.2) is 0 Å². The molecule has 0 aromatic heterocycles. The van der Waals surface area contributed by atoms with E-state index >= 15 is 0 Å². The minimum absolute atomic E-state index is 0.00335. The molecule has 0 aliphatic carbocycles. The molecule has 88 valence electrons. The number of hydrogen-bond donors (Lipinski definition) is 0. The third kappa shape index (κ3) is 3.12. The second kappa shape index (κ2) is 5.89. The number of benzene rings is 1. The lowest BCUT2D eigenvalue weighted by Crippen LogP contribution is -2.36. The molecule has 16 heavy (non-hydrogen) atoms. The van der Waals surface area contributed by atoms with Crippen molar-refractivity contribution in [1.29, 1.82) is 0 Å². The highest BCUT2D eigenvalue weighted by Crippen LogP contribution is 2.24. The third-order valence-electron chi connectivity index (χ3n) is 2.37. The average Bonchev–Trinajstić information content (AvgIpc) is 2.29. The van der Waals surface area contributed by atoms with Crippen LogP contribution in [-0.2, 0) is 0 Å². The Morgan fingerprint density at radius 2 is 2.19 bits per heavy atom. The molecule has 0 saturated heterocycles. The molecule has 0 saturated carbocycles. The van der Waals surface area contributed by atoms with E-state index in [1.54, 1.807) is 30.1 Å². The number of carbonyl (C=O) groups excluding carboxylic acids is 1. The highest BCUT2D eigenvalue weighted by molar-refractivity contribution is 9.10. The van der Waals surface area contributed by atoms with Crippen LogP contribution in [0.3, 0.4) is 0 Å². The topological polar surface area (TPSA) is 20.3 Å². The largest absolute Gasteiger partial charge is 0.338 e. The maximum absolute atomic E-state index is 12.0. The monoisotopic (exact) mass is 323 g/mol. The molecule has 2 nitrogen and oxygen atoms in total. The van der Waals surface area contributed by atoms with E-state index in [1.807, 2.05) is 6.92 Å². The standard InChI is InChI=1S/C11H12BrCl2NO/c1-7(6-13)15(2)11(16)8-3-4-10(14)9(12)5-8/h3-5,7H,6H2,1-2H3. The van der Waals surface area contributed by atoms with Gasteiger partial charge >= 0.3 is 0 Å². The number of nitrogens with zero attached hydrogens (tertiary/aromatic N) is 1. The summed E-state index contributed by atoms with van der Waals surface area (Å²) in [5.41, 5.74) is 0.593. The zero-order valence-electron chi connectivity index (χ0n) is 9.01. The van der Waals surface area contributed by atoms with Crippen molar-refractivity contribution in [2.75, 3.05) is 12.9 Å². The number of halogens is 3. The summed E-state index contributed by atoms with van der Waals surface area (Å²) in [6.07, 6.45) is 0. The Kier molecular flexibility index (Phi) is 5.09. The maximum atomic E-state index is 12.0. The molecule has 1 aromatic carbocycles. The molecule has 0 aliphatic rings. The summed E-state index contributed by atoms with van der Waals surface area (Å²) < 4.78 is 0.715. The average molecular weight is 325 g/mol. The first-order chi connectivity index (χ1) is 7.47. The normalized spacial score (nSPS) is 12.3. The minimum Gasteiger partial charge on any atom is -0.338 e. The number of amides is 1. The van der Waals surface area contributed by atoms with E-state index in [-0.39, 0.29) is 11.9 Å². The molecule has 0 spiro atoms. The van der Waals surface area contributed by atoms with Crippen LogP contribution in [0.25, 0.3) is 0 Å². The smallest absolute Gasteiger partial charge is 0.253 e. The van der Waals surface area contributed by atoms with E-state index in [4.69, 9.17) is 23.2 Å². The van der Waals surface area contributed by atoms with Gasteiger partial charge in [-0.2, -0.15) is 0 Å². The summed E-state index contributed by atoms with van der Waals surface area (Å²) in [5.74, 6) is 0.349. The van der Waals surface area contributed by atoms with Gasteiger partial charge in [-0.3, -0.25) is 4.79 Å². The SMILES string of the molecule is CC(CCl)N(C)C(=O)c1ccc(Cl)c(Br)c1. The Balaban J connectivity index is 2.92. The van der Waals surface area contributed by atoms with E-state index in [9.17, 15) is 4.79 Å². The molecule has 1 rings (SSSR count). The lowest BCUT2D eigenvalue weighted by molar-refractivity contribution is 0.0756. The minimum atomic E-state index is -0.0643. The van der Waals surface area contributed by atoms with E-state index in [0.29, 0.717) is 20.9 Å². The van der Waals surface area contributed by atoms with Gasteiger partial charge in [-0.15, -0.1) is 11.6 Å². The Morgan fingerprint density at radius 1 is 1.56 bits per heavy atom. The van der Waals surface area contributed by atoms with Crippen LogP contribution in [0.5, 0.6) is 0 Å². The number of hydrogen-bond acceptors (Lipinski definition) is 1. The van der Waals surface area contributed by atoms with Gasteiger partial charge in [0.2, 0.25) is 0 Å². The van der Waals surface area contributed by atoms with E-state index in [2.05, 4.69) is 15.9 Å². The quantitative estimate of drug-likeness (QED) is 0.774. The highest BCUT2D eigenvalue weighted by Gasteiger charge is 2.17. The van der Waals surface area contributed by atoms with Gasteiger partial charge in [-0.05, 0) is 41.1 Å². The molecular weight excluding hydrogens is 313 g/mol. The maximum Gasteiger partial charge on any atom is 0.253 e. The summed E-state index contributed by atoms with van der Waals surface area (Å²) >= 11 is 14.9. The Morgan fingerprint density at radius 3 is 2.69 bits per heavy atom. The van der Waals surface area contributed by atoms with Crippen LogP contribution in [0.15, 0.2) is 22.7 Å². The zero-order chi connectivity index (χ0) is 12.3. The third-order valence-corrected chi connectivity index (χ3v) is 4.03. The van der Waals surface area contributed by atoms with Crippen molar-refractivity contribution < 1.29 is 4.79 Å². The number of rotatable bonds is 3. The van der Waals surface area contributed by atoms with Crippen molar-refractivity contribution in [3.05, 3.63) is 33.3 Å². The van der Waals surface area contributed by atoms with Crippen LogP contribution < -0.4 is 0 Å². The van der Waals surface area contributed by atoms with Crippen molar-refractivity contribution >= 4 is 45.0 Å². The van der Waals surface area contributed by atoms with E-state index < -0.39 is 0 Å². The zero-order valence-corrected chi connectivity index (χ0v) is 12.1. The first-order valence-corrected chi connectivity index (χ1v) is 6.46. The fraction of sp³-hybridized carbons (Fsp3) is 0.364. The molecule has 1 amide bonds. The summed E-state index contributed by atoms with van der Waals surface area (Å²) in [5, 5.41) is 0.588. The van der Waals surface area contributed by atoms with Gasteiger partial charge in [0.1, 0.15) is 0 Å². The van der Waals surface area contributed by atoms with Gasteiger partial charge in [-0.1, -0.05) is 11.6 Å². The Hall–Kier alpha value is -0.250. The summed E-state index contributed by atoms with van der Waals surface area (Å²) in [4.78, 5) is 13.6. The second-order valence-corrected chi connectivity index (χ2v) is 5.12. The molecule has 0 heterocycles. The molecule has 0 radical (unpaired) electrons. The number of alkyl halides is 1. The van der Waals surface area contributed by atoms with Crippen LogP contribution >= 0.6 is 39.1 Å². The summed E-state index contributed by atoms with van der Waals surface area (Å²) in [6, 6.07) is 5.11. The van der Waals surface area contributed by atoms with Crippen molar-refractivity contribution in [3.63, 3.8) is 0 Å². The van der Waals surface area contributed by atoms with Gasteiger partial charge in [0.25, 0.3) is 5.91 Å². The van der Waals surface area contributed by atoms with Crippen LogP contribution in [0.4, 0.5) is 0 Å². The second-order valence-electron chi connectivity index (χ2n) is 3.55. The predicted molar refractivity (Wildman–Crippen MR) is 71.4 cm³/mol. The molecule has 1 aromatic rings. The summed E-state index contributed by atoms with van der Waals surface area (Å²) in [7, 11) is 1.73. The molecule has 5 heteroatoms. The van der Waals surface area contributed by atoms with Gasteiger partial charge in [0.15, 0.2) is 0 Å². The lowest BCUT2D eigenvalue weighted by atomic mass is 10.2. The molecular formula is C11H12BrCl2NO. The lowest BCUT2D eigenvalue weighted by Gasteiger charge is -2.23. The highest BCUT2D eigenvalue weighted by atomic mass is 79.9. The van der Waals surface area contributed by atoms with Gasteiger partial charge < -0.3 is 4.90 Å². The predicted octanol–water partition coefficient (Wildman–Crippen LogP) is 3.80. The fourth-order valence-electron chi connectivity index (χ4n) is 1.14. The molecule has 1 unspecified atom stereocenters. The molecule has 0 bridgehead atoms. The Bertz CT molecular complexity index is 398. The van der Waals surface area contributed by atoms with Crippen molar-refractivity contribution in [1.82, 2.24) is 4.90 Å². The molecule has 0 N–H and O–H groups in total. The van der Waals surface area contributed by atoms with Crippen molar-refractivity contribution in [3.8, 4) is 0 Å².